The third-order valence-electron chi connectivity index (χ3n) is 2.33. The fourth-order valence-corrected chi connectivity index (χ4v) is 1.48. The molecule has 0 saturated carbocycles. The Morgan fingerprint density at radius 2 is 1.93 bits per heavy atom. The van der Waals surface area contributed by atoms with Crippen molar-refractivity contribution in [1.29, 1.82) is 0 Å². The van der Waals surface area contributed by atoms with Crippen LogP contribution in [0.15, 0.2) is 0 Å². The highest BCUT2D eigenvalue weighted by molar-refractivity contribution is 4.64. The number of ether oxygens (including phenoxy) is 2. The van der Waals surface area contributed by atoms with E-state index in [1.807, 2.05) is 0 Å². The fraction of sp³-hybridized carbons (Fsp3) is 1.00. The Bertz CT molecular complexity index is 114. The average molecular weight is 217 g/mol. The molecule has 0 bridgehead atoms. The molecule has 0 radical (unpaired) electrons. The summed E-state index contributed by atoms with van der Waals surface area (Å²) in [4.78, 5) is 0. The van der Waals surface area contributed by atoms with E-state index in [0.717, 1.165) is 32.8 Å². The van der Waals surface area contributed by atoms with Gasteiger partial charge < -0.3 is 14.8 Å². The number of rotatable bonds is 11. The number of methoxy groups -OCH3 is 1. The van der Waals surface area contributed by atoms with Crippen LogP contribution >= 0.6 is 0 Å². The normalized spacial score (nSPS) is 13.0. The zero-order chi connectivity index (χ0) is 11.4. The lowest BCUT2D eigenvalue weighted by atomic mass is 10.2. The van der Waals surface area contributed by atoms with Crippen molar-refractivity contribution in [2.45, 2.75) is 45.6 Å². The van der Waals surface area contributed by atoms with Crippen LogP contribution in [0, 0.1) is 0 Å². The third-order valence-corrected chi connectivity index (χ3v) is 2.33. The summed E-state index contributed by atoms with van der Waals surface area (Å²) in [5.41, 5.74) is 0. The van der Waals surface area contributed by atoms with Gasteiger partial charge in [0, 0.05) is 26.3 Å². The molecule has 0 saturated heterocycles. The third kappa shape index (κ3) is 10.2. The SMILES string of the molecule is CCCCOCCNC(CCC)COC. The molecule has 0 amide bonds. The average Bonchev–Trinajstić information content (AvgIpc) is 2.24. The molecule has 0 rings (SSSR count). The first kappa shape index (κ1) is 14.9. The van der Waals surface area contributed by atoms with Gasteiger partial charge in [0.05, 0.1) is 13.2 Å². The molecule has 3 heteroatoms. The van der Waals surface area contributed by atoms with Gasteiger partial charge in [-0.3, -0.25) is 0 Å². The lowest BCUT2D eigenvalue weighted by Crippen LogP contribution is -2.35. The highest BCUT2D eigenvalue weighted by atomic mass is 16.5. The Hall–Kier alpha value is -0.120. The van der Waals surface area contributed by atoms with Crippen LogP contribution in [0.3, 0.4) is 0 Å². The molecule has 0 aliphatic heterocycles. The molecular formula is C12H27NO2. The second-order valence-corrected chi connectivity index (χ2v) is 3.86. The highest BCUT2D eigenvalue weighted by Gasteiger charge is 2.05. The Morgan fingerprint density at radius 1 is 1.13 bits per heavy atom. The monoisotopic (exact) mass is 217 g/mol. The summed E-state index contributed by atoms with van der Waals surface area (Å²) < 4.78 is 10.6. The van der Waals surface area contributed by atoms with Crippen molar-refractivity contribution < 1.29 is 9.47 Å². The molecule has 0 aromatic carbocycles. The summed E-state index contributed by atoms with van der Waals surface area (Å²) in [6.07, 6.45) is 4.73. The zero-order valence-electron chi connectivity index (χ0n) is 10.6. The number of hydrogen-bond acceptors (Lipinski definition) is 3. The molecule has 0 aliphatic rings. The lowest BCUT2D eigenvalue weighted by molar-refractivity contribution is 0.120. The maximum atomic E-state index is 5.48. The summed E-state index contributed by atoms with van der Waals surface area (Å²) >= 11 is 0. The Morgan fingerprint density at radius 3 is 2.53 bits per heavy atom. The molecule has 15 heavy (non-hydrogen) atoms. The van der Waals surface area contributed by atoms with Crippen molar-refractivity contribution in [3.05, 3.63) is 0 Å². The molecule has 0 aliphatic carbocycles. The molecule has 3 nitrogen and oxygen atoms in total. The zero-order valence-corrected chi connectivity index (χ0v) is 10.6. The van der Waals surface area contributed by atoms with Gasteiger partial charge in [0.1, 0.15) is 0 Å². The topological polar surface area (TPSA) is 30.5 Å². The van der Waals surface area contributed by atoms with Crippen LogP contribution in [-0.4, -0.2) is 39.5 Å². The molecule has 1 atom stereocenters. The maximum absolute atomic E-state index is 5.48. The van der Waals surface area contributed by atoms with Gasteiger partial charge in [-0.25, -0.2) is 0 Å². The van der Waals surface area contributed by atoms with Gasteiger partial charge >= 0.3 is 0 Å². The van der Waals surface area contributed by atoms with Crippen molar-refractivity contribution in [2.24, 2.45) is 0 Å². The fourth-order valence-electron chi connectivity index (χ4n) is 1.48. The molecule has 1 N–H and O–H groups in total. The number of unbranched alkanes of at least 4 members (excludes halogenated alkanes) is 1. The van der Waals surface area contributed by atoms with E-state index >= 15 is 0 Å². The van der Waals surface area contributed by atoms with E-state index in [1.54, 1.807) is 7.11 Å². The van der Waals surface area contributed by atoms with E-state index in [2.05, 4.69) is 19.2 Å². The van der Waals surface area contributed by atoms with E-state index < -0.39 is 0 Å². The Balaban J connectivity index is 3.28. The van der Waals surface area contributed by atoms with Gasteiger partial charge in [-0.05, 0) is 12.8 Å². The van der Waals surface area contributed by atoms with Crippen molar-refractivity contribution in [2.75, 3.05) is 33.5 Å². The predicted molar refractivity (Wildman–Crippen MR) is 64.3 cm³/mol. The van der Waals surface area contributed by atoms with Crippen molar-refractivity contribution >= 4 is 0 Å². The van der Waals surface area contributed by atoms with Crippen LogP contribution < -0.4 is 5.32 Å². The molecular weight excluding hydrogens is 190 g/mol. The molecule has 0 heterocycles. The minimum absolute atomic E-state index is 0.481. The summed E-state index contributed by atoms with van der Waals surface area (Å²) in [7, 11) is 1.75. The first-order valence-electron chi connectivity index (χ1n) is 6.15. The predicted octanol–water partition coefficient (Wildman–Crippen LogP) is 2.21. The van der Waals surface area contributed by atoms with E-state index in [9.17, 15) is 0 Å². The summed E-state index contributed by atoms with van der Waals surface area (Å²) in [6.45, 7) is 7.80. The Labute approximate surface area is 94.5 Å². The number of hydrogen-bond donors (Lipinski definition) is 1. The van der Waals surface area contributed by atoms with Crippen LogP contribution in [-0.2, 0) is 9.47 Å². The van der Waals surface area contributed by atoms with Gasteiger partial charge in [-0.15, -0.1) is 0 Å². The molecule has 92 valence electrons. The molecule has 0 spiro atoms. The van der Waals surface area contributed by atoms with Gasteiger partial charge in [0.25, 0.3) is 0 Å². The summed E-state index contributed by atoms with van der Waals surface area (Å²) in [5.74, 6) is 0. The van der Waals surface area contributed by atoms with Gasteiger partial charge in [-0.1, -0.05) is 26.7 Å². The van der Waals surface area contributed by atoms with Gasteiger partial charge in [0.2, 0.25) is 0 Å². The molecule has 0 fully saturated rings. The van der Waals surface area contributed by atoms with E-state index in [-0.39, 0.29) is 0 Å². The van der Waals surface area contributed by atoms with Crippen LogP contribution in [0.4, 0.5) is 0 Å². The minimum atomic E-state index is 0.481. The molecule has 1 unspecified atom stereocenters. The first-order valence-corrected chi connectivity index (χ1v) is 6.15. The molecule has 0 aromatic rings. The van der Waals surface area contributed by atoms with Crippen LogP contribution in [0.5, 0.6) is 0 Å². The van der Waals surface area contributed by atoms with Crippen molar-refractivity contribution in [1.82, 2.24) is 5.32 Å². The lowest BCUT2D eigenvalue weighted by Gasteiger charge is -2.16. The van der Waals surface area contributed by atoms with Crippen LogP contribution in [0.2, 0.25) is 0 Å². The maximum Gasteiger partial charge on any atom is 0.0615 e. The standard InChI is InChI=1S/C12H27NO2/c1-4-6-9-15-10-8-13-12(7-5-2)11-14-3/h12-13H,4-11H2,1-3H3. The quantitative estimate of drug-likeness (QED) is 0.538. The van der Waals surface area contributed by atoms with Gasteiger partial charge in [0.15, 0.2) is 0 Å². The van der Waals surface area contributed by atoms with Gasteiger partial charge in [-0.2, -0.15) is 0 Å². The number of nitrogens with one attached hydrogen (secondary N) is 1. The van der Waals surface area contributed by atoms with Crippen LogP contribution in [0.1, 0.15) is 39.5 Å². The second-order valence-electron chi connectivity index (χ2n) is 3.86. The smallest absolute Gasteiger partial charge is 0.0615 e. The van der Waals surface area contributed by atoms with Crippen molar-refractivity contribution in [3.8, 4) is 0 Å². The molecule has 0 aromatic heterocycles. The summed E-state index contributed by atoms with van der Waals surface area (Å²) in [6, 6.07) is 0.481. The largest absolute Gasteiger partial charge is 0.383 e. The summed E-state index contributed by atoms with van der Waals surface area (Å²) in [5, 5.41) is 3.45. The minimum Gasteiger partial charge on any atom is -0.383 e. The highest BCUT2D eigenvalue weighted by Crippen LogP contribution is 1.96. The second kappa shape index (κ2) is 12.0. The van der Waals surface area contributed by atoms with E-state index in [0.29, 0.717) is 6.04 Å². The van der Waals surface area contributed by atoms with E-state index in [4.69, 9.17) is 9.47 Å². The van der Waals surface area contributed by atoms with Crippen molar-refractivity contribution in [3.63, 3.8) is 0 Å². The van der Waals surface area contributed by atoms with Crippen LogP contribution in [0.25, 0.3) is 0 Å². The van der Waals surface area contributed by atoms with E-state index in [1.165, 1.54) is 19.3 Å². The first-order chi connectivity index (χ1) is 7.35. The Kier molecular flexibility index (Phi) is 11.9.